The second kappa shape index (κ2) is 9.86. The third kappa shape index (κ3) is 5.21. The summed E-state index contributed by atoms with van der Waals surface area (Å²) < 4.78 is 32.0. The molecule has 4 rings (SSSR count). The van der Waals surface area contributed by atoms with Crippen LogP contribution in [0.2, 0.25) is 0 Å². The molecular formula is C22H28N4O5S. The molecule has 2 aliphatic heterocycles. The summed E-state index contributed by atoms with van der Waals surface area (Å²) in [5, 5.41) is 12.9. The molecule has 2 saturated heterocycles. The lowest BCUT2D eigenvalue weighted by Gasteiger charge is -2.35. The fourth-order valence-electron chi connectivity index (χ4n) is 3.93. The molecule has 0 atom stereocenters. The van der Waals surface area contributed by atoms with Crippen molar-refractivity contribution in [2.24, 2.45) is 0 Å². The van der Waals surface area contributed by atoms with Crippen molar-refractivity contribution in [2.75, 3.05) is 69.2 Å². The number of phenolic OH excluding ortho intramolecular Hbond substituents is 1. The quantitative estimate of drug-likeness (QED) is 0.667. The Morgan fingerprint density at radius 1 is 0.938 bits per heavy atom. The third-order valence-electron chi connectivity index (χ3n) is 5.71. The van der Waals surface area contributed by atoms with Crippen molar-refractivity contribution in [3.8, 4) is 5.75 Å². The van der Waals surface area contributed by atoms with E-state index in [2.05, 4.69) is 15.1 Å². The molecule has 2 fully saturated rings. The van der Waals surface area contributed by atoms with E-state index >= 15 is 0 Å². The highest BCUT2D eigenvalue weighted by atomic mass is 32.2. The summed E-state index contributed by atoms with van der Waals surface area (Å²) in [6.45, 7) is 4.59. The van der Waals surface area contributed by atoms with Crippen LogP contribution >= 0.6 is 0 Å². The Labute approximate surface area is 188 Å². The molecule has 32 heavy (non-hydrogen) atoms. The molecule has 2 aliphatic rings. The van der Waals surface area contributed by atoms with Gasteiger partial charge in [0.2, 0.25) is 15.9 Å². The fourth-order valence-corrected chi connectivity index (χ4v) is 5.34. The van der Waals surface area contributed by atoms with Crippen molar-refractivity contribution < 1.29 is 23.1 Å². The molecule has 0 unspecified atom stereocenters. The van der Waals surface area contributed by atoms with Gasteiger partial charge in [0.05, 0.1) is 30.3 Å². The Kier molecular flexibility index (Phi) is 6.95. The average molecular weight is 461 g/mol. The number of amides is 1. The van der Waals surface area contributed by atoms with E-state index < -0.39 is 10.0 Å². The van der Waals surface area contributed by atoms with Crippen LogP contribution < -0.4 is 10.2 Å². The number of phenols is 1. The number of nitrogens with one attached hydrogen (secondary N) is 1. The summed E-state index contributed by atoms with van der Waals surface area (Å²) in [5.41, 5.74) is 1.37. The molecular weight excluding hydrogens is 432 g/mol. The molecule has 10 heteroatoms. The molecule has 2 aromatic carbocycles. The summed E-state index contributed by atoms with van der Waals surface area (Å²) in [4.78, 5) is 16.8. The highest BCUT2D eigenvalue weighted by molar-refractivity contribution is 7.89. The van der Waals surface area contributed by atoms with Gasteiger partial charge < -0.3 is 20.1 Å². The van der Waals surface area contributed by atoms with Crippen molar-refractivity contribution in [3.63, 3.8) is 0 Å². The largest absolute Gasteiger partial charge is 0.506 e. The van der Waals surface area contributed by atoms with Gasteiger partial charge in [0, 0.05) is 45.0 Å². The van der Waals surface area contributed by atoms with Gasteiger partial charge in [-0.05, 0) is 36.4 Å². The van der Waals surface area contributed by atoms with Crippen LogP contribution in [0.15, 0.2) is 53.4 Å². The Morgan fingerprint density at radius 3 is 2.25 bits per heavy atom. The standard InChI is InChI=1S/C22H28N4O5S/c27-21-4-2-1-3-20(21)25-11-9-24(10-12-25)17-22(28)23-18-5-7-19(8-6-18)32(29,30)26-13-15-31-16-14-26/h1-8,27H,9-17H2,(H,23,28). The fraction of sp³-hybridized carbons (Fsp3) is 0.409. The summed E-state index contributed by atoms with van der Waals surface area (Å²) in [6, 6.07) is 13.5. The van der Waals surface area contributed by atoms with Crippen molar-refractivity contribution in [3.05, 3.63) is 48.5 Å². The second-order valence-corrected chi connectivity index (χ2v) is 9.78. The summed E-state index contributed by atoms with van der Waals surface area (Å²) in [5.74, 6) is 0.113. The van der Waals surface area contributed by atoms with E-state index in [0.717, 1.165) is 18.8 Å². The third-order valence-corrected chi connectivity index (χ3v) is 7.62. The molecule has 9 nitrogen and oxygen atoms in total. The summed E-state index contributed by atoms with van der Waals surface area (Å²) >= 11 is 0. The Hall–Kier alpha value is -2.66. The molecule has 1 amide bonds. The van der Waals surface area contributed by atoms with Gasteiger partial charge in [-0.3, -0.25) is 9.69 Å². The number of carbonyl (C=O) groups is 1. The highest BCUT2D eigenvalue weighted by Gasteiger charge is 2.26. The number of para-hydroxylation sites is 2. The van der Waals surface area contributed by atoms with Crippen molar-refractivity contribution in [1.82, 2.24) is 9.21 Å². The van der Waals surface area contributed by atoms with E-state index in [9.17, 15) is 18.3 Å². The zero-order chi connectivity index (χ0) is 22.6. The Morgan fingerprint density at radius 2 is 1.59 bits per heavy atom. The van der Waals surface area contributed by atoms with E-state index in [1.165, 1.54) is 16.4 Å². The summed E-state index contributed by atoms with van der Waals surface area (Å²) in [7, 11) is -3.55. The average Bonchev–Trinajstić information content (AvgIpc) is 2.81. The molecule has 0 bridgehead atoms. The minimum absolute atomic E-state index is 0.148. The predicted molar refractivity (Wildman–Crippen MR) is 121 cm³/mol. The molecule has 0 aromatic heterocycles. The Bertz CT molecular complexity index is 1030. The van der Waals surface area contributed by atoms with Crippen LogP contribution in [0.3, 0.4) is 0 Å². The minimum atomic E-state index is -3.55. The van der Waals surface area contributed by atoms with E-state index in [0.29, 0.717) is 45.1 Å². The second-order valence-electron chi connectivity index (χ2n) is 7.84. The van der Waals surface area contributed by atoms with Gasteiger partial charge in [-0.1, -0.05) is 12.1 Å². The van der Waals surface area contributed by atoms with E-state index in [1.807, 2.05) is 12.1 Å². The lowest BCUT2D eigenvalue weighted by atomic mass is 10.2. The number of rotatable bonds is 6. The van der Waals surface area contributed by atoms with Crippen molar-refractivity contribution >= 4 is 27.3 Å². The van der Waals surface area contributed by atoms with Gasteiger partial charge in [0.25, 0.3) is 0 Å². The highest BCUT2D eigenvalue weighted by Crippen LogP contribution is 2.27. The molecule has 0 aliphatic carbocycles. The molecule has 172 valence electrons. The minimum Gasteiger partial charge on any atom is -0.506 e. The topological polar surface area (TPSA) is 102 Å². The van der Waals surface area contributed by atoms with E-state index in [1.54, 1.807) is 24.3 Å². The van der Waals surface area contributed by atoms with Gasteiger partial charge in [0.1, 0.15) is 5.75 Å². The van der Waals surface area contributed by atoms with Gasteiger partial charge in [0.15, 0.2) is 0 Å². The van der Waals surface area contributed by atoms with E-state index in [4.69, 9.17) is 4.74 Å². The van der Waals surface area contributed by atoms with Gasteiger partial charge >= 0.3 is 0 Å². The number of aromatic hydroxyl groups is 1. The van der Waals surface area contributed by atoms with Crippen LogP contribution in [-0.2, 0) is 19.6 Å². The van der Waals surface area contributed by atoms with Crippen LogP contribution in [0.1, 0.15) is 0 Å². The summed E-state index contributed by atoms with van der Waals surface area (Å²) in [6.07, 6.45) is 0. The number of nitrogens with zero attached hydrogens (tertiary/aromatic N) is 3. The van der Waals surface area contributed by atoms with Gasteiger partial charge in [-0.25, -0.2) is 8.42 Å². The van der Waals surface area contributed by atoms with Crippen LogP contribution in [-0.4, -0.2) is 87.7 Å². The number of carbonyl (C=O) groups excluding carboxylic acids is 1. The van der Waals surface area contributed by atoms with Crippen LogP contribution in [0.5, 0.6) is 5.75 Å². The number of hydrogen-bond donors (Lipinski definition) is 2. The van der Waals surface area contributed by atoms with Crippen molar-refractivity contribution in [1.29, 1.82) is 0 Å². The molecule has 2 aromatic rings. The van der Waals surface area contributed by atoms with Crippen LogP contribution in [0.25, 0.3) is 0 Å². The van der Waals surface area contributed by atoms with Gasteiger partial charge in [-0.2, -0.15) is 4.31 Å². The maximum atomic E-state index is 12.7. The van der Waals surface area contributed by atoms with Gasteiger partial charge in [-0.15, -0.1) is 0 Å². The maximum Gasteiger partial charge on any atom is 0.243 e. The molecule has 2 N–H and O–H groups in total. The SMILES string of the molecule is O=C(CN1CCN(c2ccccc2O)CC1)Nc1ccc(S(=O)(=O)N2CCOCC2)cc1. The molecule has 0 radical (unpaired) electrons. The number of morpholine rings is 1. The maximum absolute atomic E-state index is 12.7. The lowest BCUT2D eigenvalue weighted by molar-refractivity contribution is -0.117. The number of ether oxygens (including phenoxy) is 1. The monoisotopic (exact) mass is 460 g/mol. The van der Waals surface area contributed by atoms with Crippen LogP contribution in [0.4, 0.5) is 11.4 Å². The molecule has 0 saturated carbocycles. The molecule has 2 heterocycles. The first kappa shape index (κ1) is 22.5. The number of anilines is 2. The number of benzene rings is 2. The first-order valence-electron chi connectivity index (χ1n) is 10.7. The molecule has 0 spiro atoms. The number of piperazine rings is 1. The number of hydrogen-bond acceptors (Lipinski definition) is 7. The van der Waals surface area contributed by atoms with Crippen molar-refractivity contribution in [2.45, 2.75) is 4.90 Å². The lowest BCUT2D eigenvalue weighted by Crippen LogP contribution is -2.48. The zero-order valence-corrected chi connectivity index (χ0v) is 18.6. The van der Waals surface area contributed by atoms with Crippen LogP contribution in [0, 0.1) is 0 Å². The first-order valence-corrected chi connectivity index (χ1v) is 12.1. The predicted octanol–water partition coefficient (Wildman–Crippen LogP) is 1.17. The smallest absolute Gasteiger partial charge is 0.243 e. The number of sulfonamides is 1. The first-order chi connectivity index (χ1) is 15.4. The zero-order valence-electron chi connectivity index (χ0n) is 17.8. The van der Waals surface area contributed by atoms with E-state index in [-0.39, 0.29) is 23.1 Å². The normalized spacial score (nSPS) is 18.4. The Balaban J connectivity index is 1.28.